The van der Waals surface area contributed by atoms with Crippen LogP contribution in [0.5, 0.6) is 11.5 Å². The Morgan fingerprint density at radius 1 is 1.00 bits per heavy atom. The van der Waals surface area contributed by atoms with Crippen LogP contribution in [0.1, 0.15) is 16.9 Å². The SMILES string of the molecule is COc1ccc(S(=O)(=O)N(CC(=O)NCc2ccco2)c2cc(C)cc(C)c2)cc1OC. The van der Waals surface area contributed by atoms with Crippen LogP contribution in [0.4, 0.5) is 5.69 Å². The molecule has 9 heteroatoms. The molecule has 0 bridgehead atoms. The van der Waals surface area contributed by atoms with Crippen molar-refractivity contribution in [3.63, 3.8) is 0 Å². The Kier molecular flexibility index (Phi) is 7.09. The summed E-state index contributed by atoms with van der Waals surface area (Å²) in [5.41, 5.74) is 2.15. The number of benzene rings is 2. The first-order chi connectivity index (χ1) is 15.2. The number of anilines is 1. The summed E-state index contributed by atoms with van der Waals surface area (Å²) < 4.78 is 44.0. The molecule has 1 N–H and O–H groups in total. The van der Waals surface area contributed by atoms with Crippen LogP contribution >= 0.6 is 0 Å². The predicted octanol–water partition coefficient (Wildman–Crippen LogP) is 3.43. The lowest BCUT2D eigenvalue weighted by Crippen LogP contribution is -2.40. The van der Waals surface area contributed by atoms with Crippen molar-refractivity contribution in [2.24, 2.45) is 0 Å². The molecule has 3 rings (SSSR count). The first-order valence-corrected chi connectivity index (χ1v) is 11.3. The van der Waals surface area contributed by atoms with E-state index in [4.69, 9.17) is 13.9 Å². The minimum absolute atomic E-state index is 0.0202. The van der Waals surface area contributed by atoms with Gasteiger partial charge in [0.05, 0.1) is 37.6 Å². The van der Waals surface area contributed by atoms with Crippen LogP contribution in [-0.2, 0) is 21.4 Å². The fraction of sp³-hybridized carbons (Fsp3) is 0.261. The summed E-state index contributed by atoms with van der Waals surface area (Å²) in [6.45, 7) is 3.49. The highest BCUT2D eigenvalue weighted by atomic mass is 32.2. The third-order valence-corrected chi connectivity index (χ3v) is 6.53. The van der Waals surface area contributed by atoms with E-state index in [0.717, 1.165) is 15.4 Å². The molecule has 2 aromatic carbocycles. The Morgan fingerprint density at radius 3 is 2.28 bits per heavy atom. The first kappa shape index (κ1) is 23.2. The maximum absolute atomic E-state index is 13.6. The molecular weight excluding hydrogens is 432 g/mol. The van der Waals surface area contributed by atoms with Gasteiger partial charge in [-0.15, -0.1) is 0 Å². The zero-order chi connectivity index (χ0) is 23.3. The van der Waals surface area contributed by atoms with Gasteiger partial charge in [0, 0.05) is 6.07 Å². The van der Waals surface area contributed by atoms with Crippen molar-refractivity contribution in [2.75, 3.05) is 25.1 Å². The minimum Gasteiger partial charge on any atom is -0.493 e. The molecular formula is C23H26N2O6S. The van der Waals surface area contributed by atoms with E-state index < -0.39 is 22.5 Å². The summed E-state index contributed by atoms with van der Waals surface area (Å²) in [5.74, 6) is 0.778. The molecule has 1 aromatic heterocycles. The minimum atomic E-state index is -4.10. The maximum Gasteiger partial charge on any atom is 0.264 e. The van der Waals surface area contributed by atoms with Crippen molar-refractivity contribution in [3.05, 3.63) is 71.7 Å². The Morgan fingerprint density at radius 2 is 1.69 bits per heavy atom. The third kappa shape index (κ3) is 5.23. The summed E-state index contributed by atoms with van der Waals surface area (Å²) in [6, 6.07) is 13.1. The molecule has 0 aliphatic heterocycles. The molecule has 0 radical (unpaired) electrons. The van der Waals surface area contributed by atoms with Crippen LogP contribution in [0.25, 0.3) is 0 Å². The Bertz CT molecular complexity index is 1170. The van der Waals surface area contributed by atoms with Crippen molar-refractivity contribution in [1.82, 2.24) is 5.32 Å². The van der Waals surface area contributed by atoms with Gasteiger partial charge in [-0.1, -0.05) is 6.07 Å². The van der Waals surface area contributed by atoms with E-state index in [9.17, 15) is 13.2 Å². The predicted molar refractivity (Wildman–Crippen MR) is 121 cm³/mol. The second kappa shape index (κ2) is 9.78. The Balaban J connectivity index is 1.98. The number of hydrogen-bond acceptors (Lipinski definition) is 6. The van der Waals surface area contributed by atoms with Gasteiger partial charge in [0.2, 0.25) is 5.91 Å². The van der Waals surface area contributed by atoms with E-state index in [2.05, 4.69) is 5.32 Å². The van der Waals surface area contributed by atoms with Gasteiger partial charge in [-0.25, -0.2) is 8.42 Å². The molecule has 0 aliphatic carbocycles. The summed E-state index contributed by atoms with van der Waals surface area (Å²) >= 11 is 0. The van der Waals surface area contributed by atoms with Gasteiger partial charge in [-0.2, -0.15) is 0 Å². The molecule has 3 aromatic rings. The van der Waals surface area contributed by atoms with Gasteiger partial charge < -0.3 is 19.2 Å². The lowest BCUT2D eigenvalue weighted by Gasteiger charge is -2.25. The lowest BCUT2D eigenvalue weighted by atomic mass is 10.1. The van der Waals surface area contributed by atoms with Crippen molar-refractivity contribution >= 4 is 21.6 Å². The summed E-state index contributed by atoms with van der Waals surface area (Å²) in [6.07, 6.45) is 1.50. The molecule has 0 unspecified atom stereocenters. The number of carbonyl (C=O) groups excluding carboxylic acids is 1. The zero-order valence-electron chi connectivity index (χ0n) is 18.4. The highest BCUT2D eigenvalue weighted by Crippen LogP contribution is 2.32. The van der Waals surface area contributed by atoms with E-state index in [0.29, 0.717) is 17.2 Å². The summed E-state index contributed by atoms with van der Waals surface area (Å²) in [5, 5.41) is 2.70. The van der Waals surface area contributed by atoms with E-state index in [-0.39, 0.29) is 17.2 Å². The third-order valence-electron chi connectivity index (χ3n) is 4.76. The van der Waals surface area contributed by atoms with Crippen LogP contribution < -0.4 is 19.1 Å². The molecule has 8 nitrogen and oxygen atoms in total. The average Bonchev–Trinajstić information content (AvgIpc) is 3.28. The van der Waals surface area contributed by atoms with Crippen molar-refractivity contribution in [3.8, 4) is 11.5 Å². The molecule has 0 saturated carbocycles. The first-order valence-electron chi connectivity index (χ1n) is 9.86. The number of amides is 1. The number of sulfonamides is 1. The van der Waals surface area contributed by atoms with E-state index >= 15 is 0 Å². The fourth-order valence-corrected chi connectivity index (χ4v) is 4.72. The monoisotopic (exact) mass is 458 g/mol. The van der Waals surface area contributed by atoms with Gasteiger partial charge >= 0.3 is 0 Å². The highest BCUT2D eigenvalue weighted by Gasteiger charge is 2.28. The van der Waals surface area contributed by atoms with Crippen molar-refractivity contribution in [1.29, 1.82) is 0 Å². The molecule has 32 heavy (non-hydrogen) atoms. The normalized spacial score (nSPS) is 11.1. The number of carbonyl (C=O) groups is 1. The maximum atomic E-state index is 13.6. The quantitative estimate of drug-likeness (QED) is 0.528. The van der Waals surface area contributed by atoms with E-state index in [1.54, 1.807) is 24.3 Å². The number of rotatable bonds is 9. The van der Waals surface area contributed by atoms with Crippen LogP contribution in [0, 0.1) is 13.8 Å². The number of methoxy groups -OCH3 is 2. The van der Waals surface area contributed by atoms with Crippen molar-refractivity contribution in [2.45, 2.75) is 25.3 Å². The largest absolute Gasteiger partial charge is 0.493 e. The molecule has 1 heterocycles. The van der Waals surface area contributed by atoms with Gasteiger partial charge in [0.1, 0.15) is 12.3 Å². The molecule has 0 saturated heterocycles. The van der Waals surface area contributed by atoms with Crippen LogP contribution in [-0.4, -0.2) is 35.1 Å². The number of nitrogens with one attached hydrogen (secondary N) is 1. The number of ether oxygens (including phenoxy) is 2. The van der Waals surface area contributed by atoms with Gasteiger partial charge in [0.25, 0.3) is 10.0 Å². The fourth-order valence-electron chi connectivity index (χ4n) is 3.30. The number of hydrogen-bond donors (Lipinski definition) is 1. The van der Waals surface area contributed by atoms with Gasteiger partial charge in [-0.3, -0.25) is 9.10 Å². The lowest BCUT2D eigenvalue weighted by molar-refractivity contribution is -0.119. The van der Waals surface area contributed by atoms with Gasteiger partial charge in [-0.05, 0) is 61.4 Å². The standard InChI is InChI=1S/C23H26N2O6S/c1-16-10-17(2)12-18(11-16)25(15-23(26)24-14-19-6-5-9-31-19)32(27,28)20-7-8-21(29-3)22(13-20)30-4/h5-13H,14-15H2,1-4H3,(H,24,26). The van der Waals surface area contributed by atoms with Crippen LogP contribution in [0.3, 0.4) is 0 Å². The number of nitrogens with zero attached hydrogens (tertiary/aromatic N) is 1. The van der Waals surface area contributed by atoms with E-state index in [1.807, 2.05) is 19.9 Å². The van der Waals surface area contributed by atoms with Gasteiger partial charge in [0.15, 0.2) is 11.5 Å². The number of aryl methyl sites for hydroxylation is 2. The molecule has 1 amide bonds. The topological polar surface area (TPSA) is 98.1 Å². The molecule has 170 valence electrons. The van der Waals surface area contributed by atoms with Crippen LogP contribution in [0.2, 0.25) is 0 Å². The average molecular weight is 459 g/mol. The molecule has 0 aliphatic rings. The summed E-state index contributed by atoms with van der Waals surface area (Å²) in [4.78, 5) is 12.7. The Labute approximate surface area is 187 Å². The molecule has 0 spiro atoms. The number of furan rings is 1. The van der Waals surface area contributed by atoms with E-state index in [1.165, 1.54) is 38.7 Å². The van der Waals surface area contributed by atoms with Crippen LogP contribution in [0.15, 0.2) is 64.1 Å². The molecule has 0 atom stereocenters. The summed E-state index contributed by atoms with van der Waals surface area (Å²) in [7, 11) is -1.20. The smallest absolute Gasteiger partial charge is 0.264 e. The second-order valence-corrected chi connectivity index (χ2v) is 9.09. The Hall–Kier alpha value is -3.46. The highest BCUT2D eigenvalue weighted by molar-refractivity contribution is 7.92. The van der Waals surface area contributed by atoms with Crippen molar-refractivity contribution < 1.29 is 27.1 Å². The molecule has 0 fully saturated rings. The second-order valence-electron chi connectivity index (χ2n) is 7.23. The zero-order valence-corrected chi connectivity index (χ0v) is 19.2.